The van der Waals surface area contributed by atoms with Crippen LogP contribution in [-0.2, 0) is 4.79 Å². The van der Waals surface area contributed by atoms with Gasteiger partial charge in [0.25, 0.3) is 0 Å². The molecule has 2 atom stereocenters. The summed E-state index contributed by atoms with van der Waals surface area (Å²) in [6.45, 7) is 6.34. The first-order chi connectivity index (χ1) is 13.0. The van der Waals surface area contributed by atoms with Gasteiger partial charge in [0.15, 0.2) is 0 Å². The number of nitrogens with one attached hydrogen (secondary N) is 1. The number of amides is 1. The summed E-state index contributed by atoms with van der Waals surface area (Å²) in [7, 11) is 0. The molecule has 2 aromatic carbocycles. The van der Waals surface area contributed by atoms with E-state index in [0.717, 1.165) is 36.0 Å². The summed E-state index contributed by atoms with van der Waals surface area (Å²) in [6, 6.07) is 20.2. The summed E-state index contributed by atoms with van der Waals surface area (Å²) in [5.41, 5.74) is 3.26. The molecule has 1 unspecified atom stereocenters. The number of hydrogen-bond acceptors (Lipinski definition) is 2. The fraction of sp³-hybridized carbons (Fsp3) is 0.417. The maximum atomic E-state index is 13.0. The van der Waals surface area contributed by atoms with Crippen LogP contribution in [0.15, 0.2) is 54.6 Å². The SMILES string of the molecule is CCCC[C@@H](C#N)NC(=O)C(CC(C)C)c1cccc(-c2ccccc2)c1. The molecule has 0 spiro atoms. The number of hydrogen-bond donors (Lipinski definition) is 1. The van der Waals surface area contributed by atoms with Gasteiger partial charge in [0, 0.05) is 0 Å². The van der Waals surface area contributed by atoms with Crippen molar-refractivity contribution in [2.24, 2.45) is 5.92 Å². The average molecular weight is 363 g/mol. The summed E-state index contributed by atoms with van der Waals surface area (Å²) >= 11 is 0. The molecule has 3 nitrogen and oxygen atoms in total. The summed E-state index contributed by atoms with van der Waals surface area (Å²) in [4.78, 5) is 13.0. The van der Waals surface area contributed by atoms with Gasteiger partial charge in [-0.15, -0.1) is 0 Å². The third-order valence-corrected chi connectivity index (χ3v) is 4.74. The van der Waals surface area contributed by atoms with Crippen LogP contribution in [0, 0.1) is 17.2 Å². The van der Waals surface area contributed by atoms with E-state index in [-0.39, 0.29) is 11.8 Å². The highest BCUT2D eigenvalue weighted by Crippen LogP contribution is 2.28. The zero-order valence-electron chi connectivity index (χ0n) is 16.6. The number of rotatable bonds is 9. The largest absolute Gasteiger partial charge is 0.340 e. The fourth-order valence-electron chi connectivity index (χ4n) is 3.28. The second-order valence-corrected chi connectivity index (χ2v) is 7.51. The van der Waals surface area contributed by atoms with E-state index in [9.17, 15) is 10.1 Å². The van der Waals surface area contributed by atoms with Crippen LogP contribution < -0.4 is 5.32 Å². The van der Waals surface area contributed by atoms with Gasteiger partial charge < -0.3 is 5.32 Å². The Hall–Kier alpha value is -2.60. The van der Waals surface area contributed by atoms with Crippen molar-refractivity contribution in [1.82, 2.24) is 5.32 Å². The maximum Gasteiger partial charge on any atom is 0.228 e. The lowest BCUT2D eigenvalue weighted by Gasteiger charge is -2.22. The molecule has 0 saturated carbocycles. The molecule has 0 bridgehead atoms. The lowest BCUT2D eigenvalue weighted by Crippen LogP contribution is -2.37. The summed E-state index contributed by atoms with van der Waals surface area (Å²) in [5, 5.41) is 12.3. The monoisotopic (exact) mass is 362 g/mol. The second kappa shape index (κ2) is 10.5. The zero-order valence-corrected chi connectivity index (χ0v) is 16.6. The van der Waals surface area contributed by atoms with Gasteiger partial charge in [-0.05, 0) is 35.4 Å². The molecule has 0 fully saturated rings. The van der Waals surface area contributed by atoms with E-state index < -0.39 is 6.04 Å². The summed E-state index contributed by atoms with van der Waals surface area (Å²) < 4.78 is 0. The molecule has 2 rings (SSSR count). The van der Waals surface area contributed by atoms with E-state index in [2.05, 4.69) is 56.4 Å². The smallest absolute Gasteiger partial charge is 0.228 e. The predicted molar refractivity (Wildman–Crippen MR) is 111 cm³/mol. The minimum absolute atomic E-state index is 0.0448. The second-order valence-electron chi connectivity index (χ2n) is 7.51. The molecule has 1 N–H and O–H groups in total. The van der Waals surface area contributed by atoms with Gasteiger partial charge in [-0.2, -0.15) is 5.26 Å². The van der Waals surface area contributed by atoms with Crippen molar-refractivity contribution in [2.75, 3.05) is 0 Å². The number of nitriles is 1. The van der Waals surface area contributed by atoms with Gasteiger partial charge in [-0.3, -0.25) is 4.79 Å². The van der Waals surface area contributed by atoms with Crippen molar-refractivity contribution < 1.29 is 4.79 Å². The zero-order chi connectivity index (χ0) is 19.6. The molecule has 0 aliphatic heterocycles. The lowest BCUT2D eigenvalue weighted by atomic mass is 9.87. The molecule has 0 saturated heterocycles. The third-order valence-electron chi connectivity index (χ3n) is 4.74. The first kappa shape index (κ1) is 20.7. The highest BCUT2D eigenvalue weighted by molar-refractivity contribution is 5.84. The number of benzene rings is 2. The Morgan fingerprint density at radius 3 is 2.41 bits per heavy atom. The molecule has 0 aliphatic rings. The molecule has 0 radical (unpaired) electrons. The number of carbonyl (C=O) groups excluding carboxylic acids is 1. The van der Waals surface area contributed by atoms with E-state index in [1.54, 1.807) is 0 Å². The molecule has 1 amide bonds. The van der Waals surface area contributed by atoms with Crippen LogP contribution in [0.2, 0.25) is 0 Å². The Labute approximate surface area is 163 Å². The van der Waals surface area contributed by atoms with Crippen LogP contribution in [0.4, 0.5) is 0 Å². The van der Waals surface area contributed by atoms with Crippen LogP contribution in [0.3, 0.4) is 0 Å². The van der Waals surface area contributed by atoms with Gasteiger partial charge in [0.05, 0.1) is 12.0 Å². The Bertz CT molecular complexity index is 761. The average Bonchev–Trinajstić information content (AvgIpc) is 2.69. The minimum Gasteiger partial charge on any atom is -0.340 e. The number of carbonyl (C=O) groups is 1. The first-order valence-corrected chi connectivity index (χ1v) is 9.90. The molecule has 27 heavy (non-hydrogen) atoms. The van der Waals surface area contributed by atoms with Crippen molar-refractivity contribution in [1.29, 1.82) is 5.26 Å². The lowest BCUT2D eigenvalue weighted by molar-refractivity contribution is -0.123. The van der Waals surface area contributed by atoms with Gasteiger partial charge in [0.2, 0.25) is 5.91 Å². The van der Waals surface area contributed by atoms with Crippen molar-refractivity contribution in [3.8, 4) is 17.2 Å². The van der Waals surface area contributed by atoms with Gasteiger partial charge in [0.1, 0.15) is 6.04 Å². The summed E-state index contributed by atoms with van der Waals surface area (Å²) in [5.74, 6) is 0.0972. The minimum atomic E-state index is -0.413. The van der Waals surface area contributed by atoms with E-state index in [4.69, 9.17) is 0 Å². The number of nitrogens with zero attached hydrogens (tertiary/aromatic N) is 1. The normalized spacial score (nSPS) is 13.0. The topological polar surface area (TPSA) is 52.9 Å². The van der Waals surface area contributed by atoms with Crippen LogP contribution in [0.5, 0.6) is 0 Å². The van der Waals surface area contributed by atoms with Crippen molar-refractivity contribution >= 4 is 5.91 Å². The number of unbranched alkanes of at least 4 members (excludes halogenated alkanes) is 1. The Morgan fingerprint density at radius 1 is 1.07 bits per heavy atom. The van der Waals surface area contributed by atoms with E-state index in [1.165, 1.54) is 0 Å². The highest BCUT2D eigenvalue weighted by Gasteiger charge is 2.24. The molecular formula is C24H30N2O. The van der Waals surface area contributed by atoms with E-state index in [1.807, 2.05) is 30.3 Å². The molecule has 0 aromatic heterocycles. The molecule has 2 aromatic rings. The predicted octanol–water partition coefficient (Wildman–Crippen LogP) is 5.68. The first-order valence-electron chi connectivity index (χ1n) is 9.90. The standard InChI is InChI=1S/C24H30N2O/c1-4-5-14-22(17-25)26-24(27)23(15-18(2)3)21-13-9-12-20(16-21)19-10-7-6-8-11-19/h6-13,16,18,22-23H,4-5,14-15H2,1-3H3,(H,26,27)/t22-,23?/m0/s1. The Balaban J connectivity index is 2.25. The molecule has 142 valence electrons. The quantitative estimate of drug-likeness (QED) is 0.624. The van der Waals surface area contributed by atoms with Crippen LogP contribution in [0.25, 0.3) is 11.1 Å². The van der Waals surface area contributed by atoms with Crippen LogP contribution in [-0.4, -0.2) is 11.9 Å². The van der Waals surface area contributed by atoms with Gasteiger partial charge in [-0.25, -0.2) is 0 Å². The van der Waals surface area contributed by atoms with Gasteiger partial charge in [-0.1, -0.05) is 88.2 Å². The van der Waals surface area contributed by atoms with E-state index in [0.29, 0.717) is 12.3 Å². The van der Waals surface area contributed by atoms with Crippen LogP contribution >= 0.6 is 0 Å². The van der Waals surface area contributed by atoms with Crippen LogP contribution in [0.1, 0.15) is 57.9 Å². The highest BCUT2D eigenvalue weighted by atomic mass is 16.1. The molecule has 0 heterocycles. The Morgan fingerprint density at radius 2 is 1.78 bits per heavy atom. The molecule has 3 heteroatoms. The Kier molecular flexibility index (Phi) is 8.07. The van der Waals surface area contributed by atoms with Crippen molar-refractivity contribution in [3.05, 3.63) is 60.2 Å². The van der Waals surface area contributed by atoms with Gasteiger partial charge >= 0.3 is 0 Å². The maximum absolute atomic E-state index is 13.0. The van der Waals surface area contributed by atoms with Crippen molar-refractivity contribution in [2.45, 2.75) is 58.4 Å². The third kappa shape index (κ3) is 6.25. The van der Waals surface area contributed by atoms with Crippen molar-refractivity contribution in [3.63, 3.8) is 0 Å². The summed E-state index contributed by atoms with van der Waals surface area (Å²) in [6.07, 6.45) is 3.42. The van der Waals surface area contributed by atoms with E-state index >= 15 is 0 Å². The molecule has 0 aliphatic carbocycles. The fourth-order valence-corrected chi connectivity index (χ4v) is 3.28. The molecular weight excluding hydrogens is 332 g/mol.